The van der Waals surface area contributed by atoms with Crippen LogP contribution in [-0.2, 0) is 4.79 Å². The van der Waals surface area contributed by atoms with Gasteiger partial charge in [0.25, 0.3) is 0 Å². The number of nitrogens with one attached hydrogen (secondary N) is 1. The minimum atomic E-state index is -0.365. The fraction of sp³-hybridized carbons (Fsp3) is 0.667. The highest BCUT2D eigenvalue weighted by atomic mass is 16.3. The van der Waals surface area contributed by atoms with Gasteiger partial charge in [0, 0.05) is 5.70 Å². The molecule has 0 rings (SSSR count). The summed E-state index contributed by atoms with van der Waals surface area (Å²) in [5.41, 5.74) is 0.414. The Hall–Kier alpha value is -0.830. The maximum atomic E-state index is 10.6. The van der Waals surface area contributed by atoms with Crippen molar-refractivity contribution < 1.29 is 9.90 Å². The Balaban J connectivity index is 4.17. The zero-order chi connectivity index (χ0) is 9.78. The van der Waals surface area contributed by atoms with E-state index in [0.717, 1.165) is 5.70 Å². The fourth-order valence-electron chi connectivity index (χ4n) is 0.914. The maximum absolute atomic E-state index is 10.6. The Morgan fingerprint density at radius 2 is 2.00 bits per heavy atom. The van der Waals surface area contributed by atoms with Gasteiger partial charge < -0.3 is 10.4 Å². The molecule has 3 nitrogen and oxygen atoms in total. The number of aliphatic hydroxyl groups excluding tert-OH is 1. The predicted molar refractivity (Wildman–Crippen MR) is 48.7 cm³/mol. The van der Waals surface area contributed by atoms with Crippen molar-refractivity contribution in [2.75, 3.05) is 6.61 Å². The van der Waals surface area contributed by atoms with Crippen LogP contribution in [0.5, 0.6) is 0 Å². The van der Waals surface area contributed by atoms with Gasteiger partial charge in [-0.15, -0.1) is 0 Å². The molecule has 0 atom stereocenters. The summed E-state index contributed by atoms with van der Waals surface area (Å²) < 4.78 is 0. The number of hydrogen-bond acceptors (Lipinski definition) is 3. The van der Waals surface area contributed by atoms with Gasteiger partial charge in [-0.1, -0.05) is 0 Å². The molecule has 0 saturated carbocycles. The minimum Gasteiger partial charge on any atom is -0.394 e. The van der Waals surface area contributed by atoms with E-state index in [2.05, 4.69) is 5.32 Å². The standard InChI is InChI=1S/C9H17NO2/c1-7(5-8(2)12)10-9(3,4)6-11/h5,10-11H,6H2,1-4H3. The lowest BCUT2D eigenvalue weighted by Crippen LogP contribution is -2.41. The highest BCUT2D eigenvalue weighted by molar-refractivity contribution is 5.87. The third-order valence-electron chi connectivity index (χ3n) is 1.35. The van der Waals surface area contributed by atoms with E-state index in [1.54, 1.807) is 6.92 Å². The molecule has 0 spiro atoms. The van der Waals surface area contributed by atoms with Crippen LogP contribution in [0.15, 0.2) is 11.8 Å². The molecule has 0 saturated heterocycles. The van der Waals surface area contributed by atoms with E-state index in [-0.39, 0.29) is 17.9 Å². The number of allylic oxidation sites excluding steroid dienone is 2. The van der Waals surface area contributed by atoms with Crippen molar-refractivity contribution in [3.05, 3.63) is 11.8 Å². The number of carbonyl (C=O) groups is 1. The number of rotatable bonds is 4. The molecule has 0 unspecified atom stereocenters. The molecule has 0 aliphatic rings. The van der Waals surface area contributed by atoms with Crippen molar-refractivity contribution in [3.63, 3.8) is 0 Å². The van der Waals surface area contributed by atoms with Gasteiger partial charge in [0.2, 0.25) is 0 Å². The van der Waals surface area contributed by atoms with E-state index in [4.69, 9.17) is 5.11 Å². The Labute approximate surface area is 73.5 Å². The summed E-state index contributed by atoms with van der Waals surface area (Å²) in [7, 11) is 0. The van der Waals surface area contributed by atoms with E-state index in [0.29, 0.717) is 0 Å². The first-order valence-electron chi connectivity index (χ1n) is 3.95. The van der Waals surface area contributed by atoms with E-state index in [1.165, 1.54) is 13.0 Å². The minimum absolute atomic E-state index is 0.00809. The Morgan fingerprint density at radius 3 is 2.33 bits per heavy atom. The molecule has 0 radical (unpaired) electrons. The normalized spacial score (nSPS) is 12.9. The van der Waals surface area contributed by atoms with Crippen LogP contribution in [0.2, 0.25) is 0 Å². The molecule has 0 aromatic carbocycles. The molecule has 0 bridgehead atoms. The quantitative estimate of drug-likeness (QED) is 0.616. The van der Waals surface area contributed by atoms with E-state index in [1.807, 2.05) is 13.8 Å². The lowest BCUT2D eigenvalue weighted by Gasteiger charge is -2.25. The largest absolute Gasteiger partial charge is 0.394 e. The zero-order valence-electron chi connectivity index (χ0n) is 8.14. The highest BCUT2D eigenvalue weighted by Gasteiger charge is 2.14. The molecule has 0 heterocycles. The molecular weight excluding hydrogens is 154 g/mol. The van der Waals surface area contributed by atoms with Crippen molar-refractivity contribution >= 4 is 5.78 Å². The SMILES string of the molecule is CC(=O)C=C(C)NC(C)(C)CO. The zero-order valence-corrected chi connectivity index (χ0v) is 8.14. The van der Waals surface area contributed by atoms with E-state index in [9.17, 15) is 4.79 Å². The molecule has 3 heteroatoms. The van der Waals surface area contributed by atoms with Gasteiger partial charge in [0.05, 0.1) is 12.1 Å². The lowest BCUT2D eigenvalue weighted by molar-refractivity contribution is -0.112. The van der Waals surface area contributed by atoms with Crippen LogP contribution >= 0.6 is 0 Å². The van der Waals surface area contributed by atoms with Crippen LogP contribution < -0.4 is 5.32 Å². The summed E-state index contributed by atoms with van der Waals surface area (Å²) in [4.78, 5) is 10.6. The lowest BCUT2D eigenvalue weighted by atomic mass is 10.1. The molecule has 0 amide bonds. The van der Waals surface area contributed by atoms with Gasteiger partial charge in [0.15, 0.2) is 5.78 Å². The van der Waals surface area contributed by atoms with Crippen LogP contribution in [0.25, 0.3) is 0 Å². The molecule has 0 aliphatic heterocycles. The molecular formula is C9H17NO2. The molecule has 0 aromatic rings. The van der Waals surface area contributed by atoms with Crippen molar-refractivity contribution in [2.24, 2.45) is 0 Å². The van der Waals surface area contributed by atoms with Crippen molar-refractivity contribution in [1.82, 2.24) is 5.32 Å². The molecule has 2 N–H and O–H groups in total. The fourth-order valence-corrected chi connectivity index (χ4v) is 0.914. The number of aliphatic hydroxyl groups is 1. The summed E-state index contributed by atoms with van der Waals surface area (Å²) in [6.07, 6.45) is 1.51. The smallest absolute Gasteiger partial charge is 0.154 e. The second-order valence-electron chi connectivity index (χ2n) is 3.60. The third kappa shape index (κ3) is 4.91. The van der Waals surface area contributed by atoms with Crippen LogP contribution in [0.3, 0.4) is 0 Å². The van der Waals surface area contributed by atoms with Crippen molar-refractivity contribution in [1.29, 1.82) is 0 Å². The van der Waals surface area contributed by atoms with Gasteiger partial charge >= 0.3 is 0 Å². The summed E-state index contributed by atoms with van der Waals surface area (Å²) in [5, 5.41) is 11.9. The highest BCUT2D eigenvalue weighted by Crippen LogP contribution is 2.03. The molecule has 0 fully saturated rings. The summed E-state index contributed by atoms with van der Waals surface area (Å²) in [6, 6.07) is 0. The molecule has 0 aliphatic carbocycles. The average Bonchev–Trinajstić information content (AvgIpc) is 1.84. The Morgan fingerprint density at radius 1 is 1.50 bits per heavy atom. The summed E-state index contributed by atoms with van der Waals surface area (Å²) in [5.74, 6) is 0.00809. The number of carbonyl (C=O) groups excluding carboxylic acids is 1. The predicted octanol–water partition coefficient (Wildman–Crippen LogP) is 0.840. The van der Waals surface area contributed by atoms with Gasteiger partial charge in [-0.2, -0.15) is 0 Å². The first kappa shape index (κ1) is 11.2. The maximum Gasteiger partial charge on any atom is 0.154 e. The van der Waals surface area contributed by atoms with Crippen LogP contribution in [0.4, 0.5) is 0 Å². The second-order valence-corrected chi connectivity index (χ2v) is 3.60. The van der Waals surface area contributed by atoms with Gasteiger partial charge in [0.1, 0.15) is 0 Å². The third-order valence-corrected chi connectivity index (χ3v) is 1.35. The number of hydrogen-bond donors (Lipinski definition) is 2. The first-order valence-corrected chi connectivity index (χ1v) is 3.95. The average molecular weight is 171 g/mol. The van der Waals surface area contributed by atoms with E-state index < -0.39 is 0 Å². The Bertz CT molecular complexity index is 195. The number of ketones is 1. The van der Waals surface area contributed by atoms with Gasteiger partial charge in [-0.05, 0) is 33.8 Å². The van der Waals surface area contributed by atoms with Gasteiger partial charge in [-0.3, -0.25) is 4.79 Å². The monoisotopic (exact) mass is 171 g/mol. The Kier molecular flexibility index (Phi) is 3.96. The van der Waals surface area contributed by atoms with Crippen LogP contribution in [0.1, 0.15) is 27.7 Å². The first-order chi connectivity index (χ1) is 5.37. The summed E-state index contributed by atoms with van der Waals surface area (Å²) >= 11 is 0. The molecule has 0 aromatic heterocycles. The van der Waals surface area contributed by atoms with Gasteiger partial charge in [-0.25, -0.2) is 0 Å². The second kappa shape index (κ2) is 4.26. The topological polar surface area (TPSA) is 49.3 Å². The molecule has 70 valence electrons. The van der Waals surface area contributed by atoms with Crippen LogP contribution in [0, 0.1) is 0 Å². The van der Waals surface area contributed by atoms with Crippen LogP contribution in [-0.4, -0.2) is 23.0 Å². The van der Waals surface area contributed by atoms with Crippen molar-refractivity contribution in [3.8, 4) is 0 Å². The van der Waals surface area contributed by atoms with Crippen molar-refractivity contribution in [2.45, 2.75) is 33.2 Å². The van der Waals surface area contributed by atoms with E-state index >= 15 is 0 Å². The molecule has 12 heavy (non-hydrogen) atoms. The summed E-state index contributed by atoms with van der Waals surface area (Å²) in [6.45, 7) is 7.07.